The molecule has 1 aromatic rings. The standard InChI is InChI=1S/C21H28N2O2.2ClH/c1-13-3-5-17(6-4-13)20-8-15-7-16(9-20)11-21(10-15,12-20)19(25)23-14(2)18(22)24;;/h3-6,14-16H,7-12H2,1-2H3,(H2,22,24)(H,23,25);2*1H. The van der Waals surface area contributed by atoms with Crippen LogP contribution in [0, 0.1) is 24.2 Å². The van der Waals surface area contributed by atoms with Gasteiger partial charge in [-0.15, -0.1) is 24.8 Å². The van der Waals surface area contributed by atoms with E-state index in [1.54, 1.807) is 6.92 Å². The van der Waals surface area contributed by atoms with Gasteiger partial charge in [0, 0.05) is 0 Å². The van der Waals surface area contributed by atoms with Crippen molar-refractivity contribution in [2.45, 2.75) is 63.8 Å². The second-order valence-electron chi connectivity index (χ2n) is 8.99. The highest BCUT2D eigenvalue weighted by Crippen LogP contribution is 2.65. The Bertz CT molecular complexity index is 705. The molecule has 1 aromatic carbocycles. The molecule has 4 fully saturated rings. The van der Waals surface area contributed by atoms with Crippen molar-refractivity contribution in [1.82, 2.24) is 5.32 Å². The van der Waals surface area contributed by atoms with Crippen molar-refractivity contribution in [2.24, 2.45) is 23.0 Å². The molecule has 5 rings (SSSR count). The number of hydrogen-bond acceptors (Lipinski definition) is 2. The first-order chi connectivity index (χ1) is 11.8. The summed E-state index contributed by atoms with van der Waals surface area (Å²) in [7, 11) is 0. The lowest BCUT2D eigenvalue weighted by molar-refractivity contribution is -0.150. The molecule has 4 saturated carbocycles. The van der Waals surface area contributed by atoms with E-state index in [0.717, 1.165) is 19.3 Å². The van der Waals surface area contributed by atoms with Crippen molar-refractivity contribution in [3.05, 3.63) is 35.4 Å². The lowest BCUT2D eigenvalue weighted by Crippen LogP contribution is -2.60. The lowest BCUT2D eigenvalue weighted by Gasteiger charge is -2.61. The number of carbonyl (C=O) groups is 2. The maximum Gasteiger partial charge on any atom is 0.239 e. The number of hydrogen-bond donors (Lipinski definition) is 2. The summed E-state index contributed by atoms with van der Waals surface area (Å²) in [6.45, 7) is 3.79. The van der Waals surface area contributed by atoms with Gasteiger partial charge in [-0.2, -0.15) is 0 Å². The highest BCUT2D eigenvalue weighted by Gasteiger charge is 2.61. The van der Waals surface area contributed by atoms with Crippen molar-refractivity contribution in [3.8, 4) is 0 Å². The molecule has 4 aliphatic rings. The SMILES string of the molecule is Cc1ccc(C23CC4CC(CC(C(=O)NC(C)C(N)=O)(C4)C2)C3)cc1.Cl.Cl. The molecule has 2 amide bonds. The zero-order chi connectivity index (χ0) is 17.8. The molecule has 0 aromatic heterocycles. The van der Waals surface area contributed by atoms with E-state index in [1.165, 1.54) is 30.4 Å². The summed E-state index contributed by atoms with van der Waals surface area (Å²) in [5.74, 6) is 0.824. The van der Waals surface area contributed by atoms with Gasteiger partial charge in [0.15, 0.2) is 0 Å². The third-order valence-corrected chi connectivity index (χ3v) is 6.98. The fourth-order valence-corrected chi connectivity index (χ4v) is 6.19. The second-order valence-corrected chi connectivity index (χ2v) is 8.99. The van der Waals surface area contributed by atoms with Gasteiger partial charge in [-0.3, -0.25) is 9.59 Å². The van der Waals surface area contributed by atoms with Crippen molar-refractivity contribution < 1.29 is 9.59 Å². The van der Waals surface area contributed by atoms with Gasteiger partial charge in [0.25, 0.3) is 0 Å². The van der Waals surface area contributed by atoms with Crippen molar-refractivity contribution in [2.75, 3.05) is 0 Å². The van der Waals surface area contributed by atoms with E-state index < -0.39 is 11.9 Å². The van der Waals surface area contributed by atoms with Crippen LogP contribution in [-0.2, 0) is 15.0 Å². The Hall–Kier alpha value is -1.26. The van der Waals surface area contributed by atoms with E-state index in [0.29, 0.717) is 11.8 Å². The number of nitrogens with two attached hydrogens (primary N) is 1. The third kappa shape index (κ3) is 3.71. The number of halogens is 2. The Morgan fingerprint density at radius 1 is 1.07 bits per heavy atom. The molecule has 0 radical (unpaired) electrons. The Kier molecular flexibility index (Phi) is 6.23. The highest BCUT2D eigenvalue weighted by atomic mass is 35.5. The molecule has 4 nitrogen and oxygen atoms in total. The molecule has 0 aliphatic heterocycles. The third-order valence-electron chi connectivity index (χ3n) is 6.98. The molecule has 0 spiro atoms. The van der Waals surface area contributed by atoms with Crippen LogP contribution in [0.1, 0.15) is 56.6 Å². The maximum absolute atomic E-state index is 13.1. The summed E-state index contributed by atoms with van der Waals surface area (Å²) in [6, 6.07) is 8.31. The van der Waals surface area contributed by atoms with E-state index >= 15 is 0 Å². The predicted molar refractivity (Wildman–Crippen MR) is 111 cm³/mol. The van der Waals surface area contributed by atoms with Crippen molar-refractivity contribution >= 4 is 36.6 Å². The van der Waals surface area contributed by atoms with E-state index in [2.05, 4.69) is 36.5 Å². The zero-order valence-electron chi connectivity index (χ0n) is 16.0. The van der Waals surface area contributed by atoms with Crippen LogP contribution in [0.3, 0.4) is 0 Å². The number of aryl methyl sites for hydroxylation is 1. The molecule has 4 aliphatic carbocycles. The first-order valence-corrected chi connectivity index (χ1v) is 9.49. The molecular weight excluding hydrogens is 383 g/mol. The summed E-state index contributed by atoms with van der Waals surface area (Å²) in [5.41, 5.74) is 7.83. The Labute approximate surface area is 173 Å². The van der Waals surface area contributed by atoms with Gasteiger partial charge in [0.1, 0.15) is 6.04 Å². The van der Waals surface area contributed by atoms with Crippen LogP contribution in [0.15, 0.2) is 24.3 Å². The normalized spacial score (nSPS) is 34.1. The Morgan fingerprint density at radius 3 is 2.15 bits per heavy atom. The number of nitrogens with one attached hydrogen (secondary N) is 1. The maximum atomic E-state index is 13.1. The summed E-state index contributed by atoms with van der Waals surface area (Å²) in [5, 5.41) is 2.90. The van der Waals surface area contributed by atoms with E-state index in [9.17, 15) is 9.59 Å². The van der Waals surface area contributed by atoms with Gasteiger partial charge in [-0.1, -0.05) is 29.8 Å². The van der Waals surface area contributed by atoms with Crippen LogP contribution in [0.5, 0.6) is 0 Å². The van der Waals surface area contributed by atoms with Crippen LogP contribution in [0.2, 0.25) is 0 Å². The highest BCUT2D eigenvalue weighted by molar-refractivity contribution is 5.89. The average molecular weight is 413 g/mol. The fourth-order valence-electron chi connectivity index (χ4n) is 6.19. The van der Waals surface area contributed by atoms with Gasteiger partial charge < -0.3 is 11.1 Å². The zero-order valence-corrected chi connectivity index (χ0v) is 17.6. The molecule has 27 heavy (non-hydrogen) atoms. The number of benzene rings is 1. The number of rotatable bonds is 4. The topological polar surface area (TPSA) is 72.2 Å². The van der Waals surface area contributed by atoms with Crippen molar-refractivity contribution in [3.63, 3.8) is 0 Å². The summed E-state index contributed by atoms with van der Waals surface area (Å²) < 4.78 is 0. The van der Waals surface area contributed by atoms with E-state index in [1.807, 2.05) is 0 Å². The minimum Gasteiger partial charge on any atom is -0.368 e. The van der Waals surface area contributed by atoms with Crippen LogP contribution in [-0.4, -0.2) is 17.9 Å². The summed E-state index contributed by atoms with van der Waals surface area (Å²) >= 11 is 0. The van der Waals surface area contributed by atoms with Gasteiger partial charge in [0.2, 0.25) is 11.8 Å². The largest absolute Gasteiger partial charge is 0.368 e. The minimum atomic E-state index is -0.601. The Balaban J connectivity index is 0.00000131. The monoisotopic (exact) mass is 412 g/mol. The molecule has 3 atom stereocenters. The van der Waals surface area contributed by atoms with Crippen LogP contribution in [0.25, 0.3) is 0 Å². The molecule has 3 unspecified atom stereocenters. The lowest BCUT2D eigenvalue weighted by atomic mass is 9.42. The quantitative estimate of drug-likeness (QED) is 0.791. The summed E-state index contributed by atoms with van der Waals surface area (Å²) in [4.78, 5) is 24.5. The number of amides is 2. The molecular formula is C21H30Cl2N2O2. The number of primary amides is 1. The second kappa shape index (κ2) is 7.63. The van der Waals surface area contributed by atoms with Gasteiger partial charge in [-0.25, -0.2) is 0 Å². The smallest absolute Gasteiger partial charge is 0.239 e. The van der Waals surface area contributed by atoms with E-state index in [4.69, 9.17) is 5.73 Å². The first-order valence-electron chi connectivity index (χ1n) is 9.49. The van der Waals surface area contributed by atoms with Gasteiger partial charge >= 0.3 is 0 Å². The first kappa shape index (κ1) is 22.0. The molecule has 3 N–H and O–H groups in total. The fraction of sp³-hybridized carbons (Fsp3) is 0.619. The minimum absolute atomic E-state index is 0. The average Bonchev–Trinajstić information content (AvgIpc) is 2.53. The number of carbonyl (C=O) groups excluding carboxylic acids is 2. The van der Waals surface area contributed by atoms with Crippen LogP contribution >= 0.6 is 24.8 Å². The molecule has 6 heteroatoms. The van der Waals surface area contributed by atoms with E-state index in [-0.39, 0.29) is 41.6 Å². The Morgan fingerprint density at radius 2 is 1.63 bits per heavy atom. The molecule has 4 bridgehead atoms. The van der Waals surface area contributed by atoms with Crippen LogP contribution in [0.4, 0.5) is 0 Å². The van der Waals surface area contributed by atoms with Gasteiger partial charge in [-0.05, 0) is 75.2 Å². The molecule has 0 heterocycles. The van der Waals surface area contributed by atoms with Gasteiger partial charge in [0.05, 0.1) is 5.41 Å². The predicted octanol–water partition coefficient (Wildman–Crippen LogP) is 3.67. The summed E-state index contributed by atoms with van der Waals surface area (Å²) in [6.07, 6.45) is 6.50. The molecule has 150 valence electrons. The van der Waals surface area contributed by atoms with Crippen LogP contribution < -0.4 is 11.1 Å². The molecule has 0 saturated heterocycles. The van der Waals surface area contributed by atoms with Crippen molar-refractivity contribution in [1.29, 1.82) is 0 Å².